The molecule has 34 heavy (non-hydrogen) atoms. The van der Waals surface area contributed by atoms with Gasteiger partial charge in [0, 0.05) is 21.6 Å². The Kier molecular flexibility index (Phi) is 15.9. The second-order valence-electron chi connectivity index (χ2n) is 7.95. The van der Waals surface area contributed by atoms with Crippen LogP contribution in [0, 0.1) is 17.8 Å². The molecule has 2 aliphatic rings. The Labute approximate surface area is 205 Å². The molecule has 0 heterocycles. The molecule has 2 amide bonds. The number of primary amides is 1. The number of alkyl carbamates (subject to hydrolysis) is 1. The molecular weight excluding hydrogens is 444 g/mol. The first-order valence-corrected chi connectivity index (χ1v) is 11.6. The highest BCUT2D eigenvalue weighted by atomic mass is 16.6. The topological polar surface area (TPSA) is 143 Å². The van der Waals surface area contributed by atoms with Crippen molar-refractivity contribution in [2.75, 3.05) is 19.8 Å². The summed E-state index contributed by atoms with van der Waals surface area (Å²) in [6, 6.07) is 0. The maximum Gasteiger partial charge on any atom is 0.407 e. The Balaban J connectivity index is -0.000000594. The fraction of sp³-hybridized carbons (Fsp3) is 0.667. The molecule has 5 unspecified atom stereocenters. The molecule has 2 fully saturated rings. The Morgan fingerprint density at radius 2 is 1.50 bits per heavy atom. The van der Waals surface area contributed by atoms with Gasteiger partial charge in [0.25, 0.3) is 0 Å². The maximum atomic E-state index is 11.6. The summed E-state index contributed by atoms with van der Waals surface area (Å²) in [6.07, 6.45) is 5.01. The van der Waals surface area contributed by atoms with Gasteiger partial charge in [-0.25, -0.2) is 19.2 Å². The van der Waals surface area contributed by atoms with E-state index in [1.807, 2.05) is 13.8 Å². The average molecular weight is 489 g/mol. The van der Waals surface area contributed by atoms with E-state index >= 15 is 0 Å². The molecule has 0 spiro atoms. The van der Waals surface area contributed by atoms with Crippen LogP contribution in [0.2, 0.25) is 0 Å². The van der Waals surface area contributed by atoms with Crippen LogP contribution in [0.25, 0.3) is 0 Å². The van der Waals surface area contributed by atoms with E-state index in [1.54, 1.807) is 13.8 Å². The van der Waals surface area contributed by atoms with Crippen LogP contribution < -0.4 is 11.1 Å². The van der Waals surface area contributed by atoms with E-state index in [0.29, 0.717) is 12.5 Å². The van der Waals surface area contributed by atoms with Crippen molar-refractivity contribution in [2.24, 2.45) is 23.5 Å². The molecular formula is C24H44N2O8. The van der Waals surface area contributed by atoms with Crippen LogP contribution in [0.3, 0.4) is 0 Å². The SMILES string of the molecule is C=CC(=O)OCC(C)OC(=O)NCC1CC2CCC1C2.C=CC(=O)OCC(C)OC(N)=O.CC.[HH].[HH]. The van der Waals surface area contributed by atoms with Crippen molar-refractivity contribution >= 4 is 24.1 Å². The van der Waals surface area contributed by atoms with Gasteiger partial charge in [0.05, 0.1) is 0 Å². The summed E-state index contributed by atoms with van der Waals surface area (Å²) in [5, 5.41) is 2.82. The van der Waals surface area contributed by atoms with Gasteiger partial charge in [-0.2, -0.15) is 0 Å². The Morgan fingerprint density at radius 1 is 0.971 bits per heavy atom. The quantitative estimate of drug-likeness (QED) is 0.267. The minimum absolute atomic E-state index is 0. The number of hydrogen-bond donors (Lipinski definition) is 2. The number of hydrogen-bond acceptors (Lipinski definition) is 8. The predicted octanol–water partition coefficient (Wildman–Crippen LogP) is 3.98. The second kappa shape index (κ2) is 17.4. The fourth-order valence-electron chi connectivity index (χ4n) is 3.85. The van der Waals surface area contributed by atoms with Crippen LogP contribution in [0.15, 0.2) is 25.3 Å². The minimum Gasteiger partial charge on any atom is -0.459 e. The lowest BCUT2D eigenvalue weighted by Crippen LogP contribution is -2.34. The summed E-state index contributed by atoms with van der Waals surface area (Å²) in [6.45, 7) is 14.5. The number of nitrogens with one attached hydrogen (secondary N) is 1. The molecule has 3 N–H and O–H groups in total. The third-order valence-corrected chi connectivity index (χ3v) is 5.27. The highest BCUT2D eigenvalue weighted by molar-refractivity contribution is 5.81. The van der Waals surface area contributed by atoms with E-state index in [9.17, 15) is 19.2 Å². The number of esters is 2. The molecule has 0 saturated heterocycles. The smallest absolute Gasteiger partial charge is 0.407 e. The number of ether oxygens (including phenoxy) is 4. The van der Waals surface area contributed by atoms with Crippen molar-refractivity contribution in [3.8, 4) is 0 Å². The molecule has 0 aromatic rings. The van der Waals surface area contributed by atoms with E-state index < -0.39 is 36.3 Å². The molecule has 0 aliphatic heterocycles. The molecule has 2 saturated carbocycles. The van der Waals surface area contributed by atoms with Gasteiger partial charge in [-0.05, 0) is 50.9 Å². The van der Waals surface area contributed by atoms with Crippen LogP contribution in [0.1, 0.15) is 56.2 Å². The normalized spacial score (nSPS) is 21.1. The van der Waals surface area contributed by atoms with E-state index in [2.05, 4.69) is 27.9 Å². The zero-order valence-corrected chi connectivity index (χ0v) is 20.7. The largest absolute Gasteiger partial charge is 0.459 e. The van der Waals surface area contributed by atoms with Gasteiger partial charge < -0.3 is 30.0 Å². The highest BCUT2D eigenvalue weighted by Gasteiger charge is 2.39. The molecule has 2 rings (SSSR count). The van der Waals surface area contributed by atoms with Crippen LogP contribution in [-0.4, -0.2) is 56.1 Å². The van der Waals surface area contributed by atoms with Crippen LogP contribution >= 0.6 is 0 Å². The number of carbonyl (C=O) groups is 4. The van der Waals surface area contributed by atoms with Crippen LogP contribution in [0.5, 0.6) is 0 Å². The number of rotatable bonds is 10. The van der Waals surface area contributed by atoms with Crippen molar-refractivity contribution in [3.05, 3.63) is 25.3 Å². The standard InChI is InChI=1S/C15H23NO4.C7H11NO4.C2H6.2H2/c1-3-14(17)19-9-10(2)20-15(18)16-8-13-7-11-4-5-12(13)6-11;1-3-6(9)11-4-5(2)12-7(8)10;1-2;;/h3,10-13H,1,4-9H2,2H3,(H,16,18);3,5H,1,4H2,2H3,(H2,8,10);1-2H3;2*1H. The summed E-state index contributed by atoms with van der Waals surface area (Å²) in [5.74, 6) is 1.19. The lowest BCUT2D eigenvalue weighted by molar-refractivity contribution is -0.141. The van der Waals surface area contributed by atoms with Gasteiger partial charge in [0.15, 0.2) is 0 Å². The molecule has 2 aliphatic carbocycles. The molecule has 0 aromatic carbocycles. The van der Waals surface area contributed by atoms with E-state index in [4.69, 9.17) is 15.2 Å². The molecule has 2 bridgehead atoms. The summed E-state index contributed by atoms with van der Waals surface area (Å²) < 4.78 is 19.0. The summed E-state index contributed by atoms with van der Waals surface area (Å²) in [7, 11) is 0. The highest BCUT2D eigenvalue weighted by Crippen LogP contribution is 2.47. The van der Waals surface area contributed by atoms with Gasteiger partial charge in [-0.3, -0.25) is 0 Å². The summed E-state index contributed by atoms with van der Waals surface area (Å²) in [5.41, 5.74) is 4.71. The van der Waals surface area contributed by atoms with Crippen molar-refractivity contribution in [1.29, 1.82) is 0 Å². The van der Waals surface area contributed by atoms with Crippen LogP contribution in [0.4, 0.5) is 9.59 Å². The molecule has 5 atom stereocenters. The Morgan fingerprint density at radius 3 is 1.91 bits per heavy atom. The first-order valence-electron chi connectivity index (χ1n) is 11.6. The third-order valence-electron chi connectivity index (χ3n) is 5.27. The number of fused-ring (bicyclic) bond motifs is 2. The summed E-state index contributed by atoms with van der Waals surface area (Å²) >= 11 is 0. The second-order valence-corrected chi connectivity index (χ2v) is 7.95. The first kappa shape index (κ1) is 31.0. The first-order chi connectivity index (χ1) is 16.1. The van der Waals surface area contributed by atoms with Crippen molar-refractivity contribution in [2.45, 2.75) is 65.6 Å². The number of amides is 2. The lowest BCUT2D eigenvalue weighted by Gasteiger charge is -2.22. The zero-order valence-electron chi connectivity index (χ0n) is 20.7. The zero-order chi connectivity index (χ0) is 26.1. The third kappa shape index (κ3) is 13.5. The van der Waals surface area contributed by atoms with E-state index in [-0.39, 0.29) is 16.1 Å². The number of carbonyl (C=O) groups excluding carboxylic acids is 4. The van der Waals surface area contributed by atoms with Crippen molar-refractivity contribution in [3.63, 3.8) is 0 Å². The average Bonchev–Trinajstić information content (AvgIpc) is 3.44. The van der Waals surface area contributed by atoms with Gasteiger partial charge in [0.2, 0.25) is 0 Å². The van der Waals surface area contributed by atoms with Gasteiger partial charge >= 0.3 is 24.1 Å². The van der Waals surface area contributed by atoms with Crippen LogP contribution in [-0.2, 0) is 28.5 Å². The summed E-state index contributed by atoms with van der Waals surface area (Å²) in [4.78, 5) is 43.2. The maximum absolute atomic E-state index is 11.6. The molecule has 10 heteroatoms. The van der Waals surface area contributed by atoms with E-state index in [0.717, 1.165) is 24.0 Å². The predicted molar refractivity (Wildman–Crippen MR) is 131 cm³/mol. The van der Waals surface area contributed by atoms with Gasteiger partial charge in [-0.15, -0.1) is 0 Å². The monoisotopic (exact) mass is 488 g/mol. The fourth-order valence-corrected chi connectivity index (χ4v) is 3.85. The molecule has 10 nitrogen and oxygen atoms in total. The van der Waals surface area contributed by atoms with E-state index in [1.165, 1.54) is 25.7 Å². The molecule has 0 radical (unpaired) electrons. The van der Waals surface area contributed by atoms with Gasteiger partial charge in [0.1, 0.15) is 25.4 Å². The lowest BCUT2D eigenvalue weighted by atomic mass is 9.89. The molecule has 198 valence electrons. The van der Waals surface area contributed by atoms with Crippen molar-refractivity contribution < 1.29 is 41.0 Å². The van der Waals surface area contributed by atoms with Crippen molar-refractivity contribution in [1.82, 2.24) is 5.32 Å². The Hall–Kier alpha value is -3.04. The Bertz CT molecular complexity index is 693. The van der Waals surface area contributed by atoms with Gasteiger partial charge in [-0.1, -0.05) is 33.4 Å². The minimum atomic E-state index is -0.892. The molecule has 0 aromatic heterocycles. The number of nitrogens with two attached hydrogens (primary N) is 1.